The van der Waals surface area contributed by atoms with Crippen LogP contribution in [-0.4, -0.2) is 44.6 Å². The Morgan fingerprint density at radius 2 is 2.44 bits per heavy atom. The van der Waals surface area contributed by atoms with Gasteiger partial charge < -0.3 is 0 Å². The van der Waals surface area contributed by atoms with Crippen LogP contribution in [0.15, 0.2) is 0 Å². The molecule has 7 nitrogen and oxygen atoms in total. The van der Waals surface area contributed by atoms with Gasteiger partial charge in [-0.15, -0.1) is 10.2 Å². The monoisotopic (exact) mass is 224 g/mol. The summed E-state index contributed by atoms with van der Waals surface area (Å²) in [6, 6.07) is 0.492. The van der Waals surface area contributed by atoms with E-state index >= 15 is 0 Å². The number of tetrazole rings is 1. The highest BCUT2D eigenvalue weighted by atomic mass is 16.2. The normalized spacial score (nSPS) is 17.4. The van der Waals surface area contributed by atoms with E-state index in [2.05, 4.69) is 26.0 Å². The minimum Gasteiger partial charge on any atom is -0.288 e. The van der Waals surface area contributed by atoms with E-state index < -0.39 is 0 Å². The maximum Gasteiger partial charge on any atom is 0.245 e. The molecule has 1 aromatic rings. The second-order valence-corrected chi connectivity index (χ2v) is 4.05. The van der Waals surface area contributed by atoms with Gasteiger partial charge in [0.05, 0.1) is 0 Å². The van der Waals surface area contributed by atoms with Crippen molar-refractivity contribution in [2.24, 2.45) is 0 Å². The second-order valence-electron chi connectivity index (χ2n) is 4.05. The molecule has 2 rings (SSSR count). The van der Waals surface area contributed by atoms with E-state index in [1.165, 1.54) is 0 Å². The number of carbonyl (C=O) groups excluding carboxylic acids is 1. The van der Waals surface area contributed by atoms with Crippen LogP contribution >= 0.6 is 0 Å². The minimum atomic E-state index is -0.333. The van der Waals surface area contributed by atoms with Gasteiger partial charge in [-0.1, -0.05) is 12.1 Å². The Bertz CT molecular complexity index is 347. The van der Waals surface area contributed by atoms with E-state index in [0.717, 1.165) is 12.8 Å². The Balaban J connectivity index is 1.95. The number of H-pyrrole nitrogens is 1. The summed E-state index contributed by atoms with van der Waals surface area (Å²) in [4.78, 5) is 11.9. The molecule has 1 fully saturated rings. The number of hydrazine groups is 1. The van der Waals surface area contributed by atoms with Gasteiger partial charge in [-0.25, -0.2) is 5.01 Å². The van der Waals surface area contributed by atoms with E-state index in [1.807, 2.05) is 19.0 Å². The molecule has 1 heterocycles. The van der Waals surface area contributed by atoms with Crippen LogP contribution in [0.1, 0.15) is 37.9 Å². The second kappa shape index (κ2) is 4.56. The molecule has 1 unspecified atom stereocenters. The van der Waals surface area contributed by atoms with Gasteiger partial charge in [0.1, 0.15) is 5.92 Å². The average Bonchev–Trinajstić information content (AvgIpc) is 2.98. The molecule has 1 saturated carbocycles. The van der Waals surface area contributed by atoms with Gasteiger partial charge in [-0.3, -0.25) is 10.2 Å². The quantitative estimate of drug-likeness (QED) is 0.677. The molecule has 7 heteroatoms. The highest BCUT2D eigenvalue weighted by Gasteiger charge is 2.30. The first-order valence-corrected chi connectivity index (χ1v) is 5.49. The van der Waals surface area contributed by atoms with E-state index in [1.54, 1.807) is 0 Å². The lowest BCUT2D eigenvalue weighted by molar-refractivity contribution is -0.127. The Morgan fingerprint density at radius 3 is 2.94 bits per heavy atom. The van der Waals surface area contributed by atoms with Crippen molar-refractivity contribution in [3.05, 3.63) is 5.82 Å². The van der Waals surface area contributed by atoms with Gasteiger partial charge in [-0.05, 0) is 19.3 Å². The lowest BCUT2D eigenvalue weighted by Crippen LogP contribution is -2.43. The van der Waals surface area contributed by atoms with E-state index in [0.29, 0.717) is 18.3 Å². The van der Waals surface area contributed by atoms with Crippen LogP contribution in [0.3, 0.4) is 0 Å². The highest BCUT2D eigenvalue weighted by Crippen LogP contribution is 2.24. The molecule has 1 aliphatic rings. The molecule has 1 aliphatic carbocycles. The van der Waals surface area contributed by atoms with Crippen LogP contribution in [0, 0.1) is 0 Å². The van der Waals surface area contributed by atoms with E-state index in [-0.39, 0.29) is 11.8 Å². The zero-order valence-electron chi connectivity index (χ0n) is 9.47. The average molecular weight is 224 g/mol. The van der Waals surface area contributed by atoms with Crippen LogP contribution in [0.2, 0.25) is 0 Å². The number of hydrogen-bond acceptors (Lipinski definition) is 5. The summed E-state index contributed by atoms with van der Waals surface area (Å²) in [5.41, 5.74) is 2.85. The first kappa shape index (κ1) is 11.0. The number of aromatic amines is 1. The van der Waals surface area contributed by atoms with E-state index in [9.17, 15) is 4.79 Å². The highest BCUT2D eigenvalue weighted by molar-refractivity contribution is 5.82. The first-order chi connectivity index (χ1) is 7.72. The molecule has 1 atom stereocenters. The van der Waals surface area contributed by atoms with Crippen molar-refractivity contribution in [1.29, 1.82) is 0 Å². The van der Waals surface area contributed by atoms with Gasteiger partial charge in [0.2, 0.25) is 5.91 Å². The van der Waals surface area contributed by atoms with Gasteiger partial charge in [0.15, 0.2) is 5.82 Å². The maximum absolute atomic E-state index is 11.9. The lowest BCUT2D eigenvalue weighted by atomic mass is 10.1. The summed E-state index contributed by atoms with van der Waals surface area (Å²) in [7, 11) is 1.89. The third-order valence-corrected chi connectivity index (χ3v) is 2.78. The zero-order valence-corrected chi connectivity index (χ0v) is 9.47. The standard InChI is InChI=1S/C9H16N6O/c1-3-7(8-10-13-14-11-8)9(16)12-15(2)6-4-5-6/h6-7H,3-5H2,1-2H3,(H,12,16)(H,10,11,13,14). The molecule has 1 amide bonds. The molecule has 0 aliphatic heterocycles. The van der Waals surface area contributed by atoms with E-state index in [4.69, 9.17) is 0 Å². The SMILES string of the molecule is CCC(C(=O)NN(C)C1CC1)c1nn[nH]n1. The van der Waals surface area contributed by atoms with Crippen LogP contribution < -0.4 is 5.43 Å². The summed E-state index contributed by atoms with van der Waals surface area (Å²) in [6.45, 7) is 1.93. The van der Waals surface area contributed by atoms with Crippen molar-refractivity contribution in [3.63, 3.8) is 0 Å². The van der Waals surface area contributed by atoms with Crippen molar-refractivity contribution in [2.45, 2.75) is 38.1 Å². The van der Waals surface area contributed by atoms with Gasteiger partial charge >= 0.3 is 0 Å². The number of aromatic nitrogens is 4. The topological polar surface area (TPSA) is 86.8 Å². The Hall–Kier alpha value is -1.50. The molecule has 1 aromatic heterocycles. The van der Waals surface area contributed by atoms with Crippen molar-refractivity contribution in [1.82, 2.24) is 31.1 Å². The van der Waals surface area contributed by atoms with Crippen LogP contribution in [0.5, 0.6) is 0 Å². The molecule has 0 radical (unpaired) electrons. The predicted molar refractivity (Wildman–Crippen MR) is 56.1 cm³/mol. The van der Waals surface area contributed by atoms with Crippen LogP contribution in [0.4, 0.5) is 0 Å². The number of nitrogens with one attached hydrogen (secondary N) is 2. The summed E-state index contributed by atoms with van der Waals surface area (Å²) in [5.74, 6) is 0.0439. The maximum atomic E-state index is 11.9. The molecule has 16 heavy (non-hydrogen) atoms. The Labute approximate surface area is 93.6 Å². The summed E-state index contributed by atoms with van der Waals surface area (Å²) >= 11 is 0. The fourth-order valence-corrected chi connectivity index (χ4v) is 1.61. The fourth-order valence-electron chi connectivity index (χ4n) is 1.61. The van der Waals surface area contributed by atoms with Gasteiger partial charge in [-0.2, -0.15) is 5.21 Å². The number of rotatable bonds is 5. The van der Waals surface area contributed by atoms with Crippen molar-refractivity contribution < 1.29 is 4.79 Å². The third kappa shape index (κ3) is 2.35. The first-order valence-electron chi connectivity index (χ1n) is 5.49. The van der Waals surface area contributed by atoms with Crippen LogP contribution in [0.25, 0.3) is 0 Å². The van der Waals surface area contributed by atoms with Crippen molar-refractivity contribution in [3.8, 4) is 0 Å². The predicted octanol–water partition coefficient (Wildman–Crippen LogP) is -0.181. The zero-order chi connectivity index (χ0) is 11.5. The molecule has 0 aromatic carbocycles. The third-order valence-electron chi connectivity index (χ3n) is 2.78. The summed E-state index contributed by atoms with van der Waals surface area (Å²) < 4.78 is 0. The molecule has 2 N–H and O–H groups in total. The van der Waals surface area contributed by atoms with Crippen LogP contribution in [-0.2, 0) is 4.79 Å². The molecule has 0 saturated heterocycles. The number of nitrogens with zero attached hydrogens (tertiary/aromatic N) is 4. The number of amides is 1. The molecule has 0 spiro atoms. The summed E-state index contributed by atoms with van der Waals surface area (Å²) in [5, 5.41) is 15.4. The van der Waals surface area contributed by atoms with Gasteiger partial charge in [0.25, 0.3) is 0 Å². The largest absolute Gasteiger partial charge is 0.288 e. The number of carbonyl (C=O) groups is 1. The minimum absolute atomic E-state index is 0.0710. The Kier molecular flexibility index (Phi) is 3.14. The Morgan fingerprint density at radius 1 is 1.69 bits per heavy atom. The molecular formula is C9H16N6O. The molecule has 88 valence electrons. The fraction of sp³-hybridized carbons (Fsp3) is 0.778. The smallest absolute Gasteiger partial charge is 0.245 e. The van der Waals surface area contributed by atoms with Gasteiger partial charge in [0, 0.05) is 13.1 Å². The lowest BCUT2D eigenvalue weighted by Gasteiger charge is -2.19. The van der Waals surface area contributed by atoms with Crippen molar-refractivity contribution in [2.75, 3.05) is 7.05 Å². The van der Waals surface area contributed by atoms with Crippen molar-refractivity contribution >= 4 is 5.91 Å². The molecule has 0 bridgehead atoms. The number of hydrogen-bond donors (Lipinski definition) is 2. The molecular weight excluding hydrogens is 208 g/mol. The summed E-state index contributed by atoms with van der Waals surface area (Å²) in [6.07, 6.45) is 2.95.